The maximum Gasteiger partial charge on any atom is 0.172 e. The van der Waals surface area contributed by atoms with Gasteiger partial charge in [-0.3, -0.25) is 0 Å². The second kappa shape index (κ2) is 7.77. The minimum atomic E-state index is -0.900. The van der Waals surface area contributed by atoms with Gasteiger partial charge in [0.25, 0.3) is 0 Å². The van der Waals surface area contributed by atoms with Crippen molar-refractivity contribution in [2.24, 2.45) is 5.41 Å². The highest BCUT2D eigenvalue weighted by Gasteiger charge is 2.49. The van der Waals surface area contributed by atoms with E-state index in [1.54, 1.807) is 0 Å². The van der Waals surface area contributed by atoms with E-state index < -0.39 is 5.60 Å². The van der Waals surface area contributed by atoms with Crippen LogP contribution in [0.3, 0.4) is 0 Å². The van der Waals surface area contributed by atoms with Crippen molar-refractivity contribution in [2.75, 3.05) is 0 Å². The van der Waals surface area contributed by atoms with E-state index in [-0.39, 0.29) is 16.7 Å². The van der Waals surface area contributed by atoms with Crippen LogP contribution in [0.15, 0.2) is 46.7 Å². The molecule has 0 saturated heterocycles. The van der Waals surface area contributed by atoms with Crippen LogP contribution < -0.4 is 0 Å². The number of hydrogen-bond acceptors (Lipinski definition) is 4. The predicted molar refractivity (Wildman–Crippen MR) is 111 cm³/mol. The third-order valence-electron chi connectivity index (χ3n) is 6.11. The fraction of sp³-hybridized carbons (Fsp3) is 0.480. The average molecular weight is 386 g/mol. The molecular weight excluding hydrogens is 358 g/mol. The van der Waals surface area contributed by atoms with Crippen LogP contribution in [-0.4, -0.2) is 0 Å². The van der Waals surface area contributed by atoms with Crippen LogP contribution in [0.5, 0.6) is 0 Å². The standard InChI is InChI=1S/C25H27N3O/c1-24(2,3)23-21(16-28)22(19(14-26)15-27)29-25(23,4)20-12-10-18(11-13-20)17-8-6-5-7-9-17/h10-13,17H,5-9H2,1-4H3. The Morgan fingerprint density at radius 3 is 2.07 bits per heavy atom. The molecule has 1 aromatic rings. The molecule has 1 aliphatic carbocycles. The van der Waals surface area contributed by atoms with Gasteiger partial charge in [-0.25, -0.2) is 0 Å². The van der Waals surface area contributed by atoms with E-state index in [2.05, 4.69) is 30.3 Å². The van der Waals surface area contributed by atoms with E-state index in [9.17, 15) is 15.8 Å². The highest BCUT2D eigenvalue weighted by molar-refractivity contribution is 5.60. The lowest BCUT2D eigenvalue weighted by molar-refractivity contribution is 0.0585. The Bertz CT molecular complexity index is 965. The first-order valence-corrected chi connectivity index (χ1v) is 10.3. The van der Waals surface area contributed by atoms with E-state index in [0.29, 0.717) is 11.5 Å². The number of nitriles is 3. The van der Waals surface area contributed by atoms with Crippen molar-refractivity contribution in [3.63, 3.8) is 0 Å². The zero-order chi connectivity index (χ0) is 21.2. The first-order valence-electron chi connectivity index (χ1n) is 10.3. The molecule has 1 saturated carbocycles. The first kappa shape index (κ1) is 20.7. The zero-order valence-corrected chi connectivity index (χ0v) is 17.7. The van der Waals surface area contributed by atoms with Crippen LogP contribution in [0.4, 0.5) is 0 Å². The zero-order valence-electron chi connectivity index (χ0n) is 17.7. The van der Waals surface area contributed by atoms with Gasteiger partial charge in [0.2, 0.25) is 0 Å². The summed E-state index contributed by atoms with van der Waals surface area (Å²) in [5.41, 5.74) is 1.95. The number of hydrogen-bond donors (Lipinski definition) is 0. The number of nitrogens with zero attached hydrogens (tertiary/aromatic N) is 3. The van der Waals surface area contributed by atoms with Gasteiger partial charge in [-0.1, -0.05) is 64.3 Å². The van der Waals surface area contributed by atoms with Crippen molar-refractivity contribution in [3.8, 4) is 18.2 Å². The molecule has 1 fully saturated rings. The van der Waals surface area contributed by atoms with Crippen LogP contribution >= 0.6 is 0 Å². The quantitative estimate of drug-likeness (QED) is 0.572. The lowest BCUT2D eigenvalue weighted by Gasteiger charge is -2.35. The lowest BCUT2D eigenvalue weighted by atomic mass is 9.72. The van der Waals surface area contributed by atoms with Gasteiger partial charge < -0.3 is 4.74 Å². The molecule has 0 spiro atoms. The molecule has 1 aromatic carbocycles. The number of rotatable bonds is 2. The van der Waals surface area contributed by atoms with Gasteiger partial charge in [0.15, 0.2) is 16.9 Å². The second-order valence-electron chi connectivity index (χ2n) is 9.13. The molecule has 1 aliphatic heterocycles. The molecule has 29 heavy (non-hydrogen) atoms. The number of ether oxygens (including phenoxy) is 1. The summed E-state index contributed by atoms with van der Waals surface area (Å²) < 4.78 is 6.24. The van der Waals surface area contributed by atoms with E-state index in [1.165, 1.54) is 37.7 Å². The van der Waals surface area contributed by atoms with Gasteiger partial charge in [0.05, 0.1) is 0 Å². The number of benzene rings is 1. The van der Waals surface area contributed by atoms with Gasteiger partial charge >= 0.3 is 0 Å². The Balaban J connectivity index is 2.11. The van der Waals surface area contributed by atoms with Gasteiger partial charge in [0, 0.05) is 5.57 Å². The fourth-order valence-electron chi connectivity index (χ4n) is 4.87. The van der Waals surface area contributed by atoms with Crippen molar-refractivity contribution in [3.05, 3.63) is 57.9 Å². The van der Waals surface area contributed by atoms with Crippen LogP contribution in [0, 0.1) is 39.4 Å². The fourth-order valence-corrected chi connectivity index (χ4v) is 4.87. The second-order valence-corrected chi connectivity index (χ2v) is 9.13. The highest BCUT2D eigenvalue weighted by Crippen LogP contribution is 2.53. The minimum Gasteiger partial charge on any atom is -0.475 e. The SMILES string of the molecule is CC(C)(C)C1=C(C#N)C(=C(C#N)C#N)OC1(C)c1ccc(C2CCCCC2)cc1. The maximum absolute atomic E-state index is 9.86. The molecule has 0 amide bonds. The Labute approximate surface area is 173 Å². The summed E-state index contributed by atoms with van der Waals surface area (Å²) in [4.78, 5) is 0. The van der Waals surface area contributed by atoms with Gasteiger partial charge in [-0.15, -0.1) is 0 Å². The summed E-state index contributed by atoms with van der Waals surface area (Å²) in [5, 5.41) is 28.6. The third kappa shape index (κ3) is 3.66. The van der Waals surface area contributed by atoms with Gasteiger partial charge in [-0.05, 0) is 42.2 Å². The Morgan fingerprint density at radius 2 is 1.59 bits per heavy atom. The van der Waals surface area contributed by atoms with Gasteiger partial charge in [-0.2, -0.15) is 15.8 Å². The molecular formula is C25H27N3O. The summed E-state index contributed by atoms with van der Waals surface area (Å²) in [5.74, 6) is 0.711. The molecule has 1 unspecified atom stereocenters. The van der Waals surface area contributed by atoms with Crippen molar-refractivity contribution in [1.82, 2.24) is 0 Å². The van der Waals surface area contributed by atoms with Crippen molar-refractivity contribution < 1.29 is 4.74 Å². The van der Waals surface area contributed by atoms with E-state index in [0.717, 1.165) is 11.1 Å². The molecule has 1 heterocycles. The topological polar surface area (TPSA) is 80.6 Å². The van der Waals surface area contributed by atoms with E-state index >= 15 is 0 Å². The normalized spacial score (nSPS) is 22.4. The molecule has 0 bridgehead atoms. The van der Waals surface area contributed by atoms with Gasteiger partial charge in [0.1, 0.15) is 23.8 Å². The molecule has 1 atom stereocenters. The third-order valence-corrected chi connectivity index (χ3v) is 6.11. The molecule has 4 nitrogen and oxygen atoms in total. The van der Waals surface area contributed by atoms with Crippen molar-refractivity contribution in [1.29, 1.82) is 15.8 Å². The molecule has 4 heteroatoms. The smallest absolute Gasteiger partial charge is 0.172 e. The largest absolute Gasteiger partial charge is 0.475 e. The molecule has 3 rings (SSSR count). The summed E-state index contributed by atoms with van der Waals surface area (Å²) in [6.07, 6.45) is 6.37. The number of allylic oxidation sites excluding steroid dienone is 2. The Morgan fingerprint density at radius 1 is 1.00 bits per heavy atom. The monoisotopic (exact) mass is 385 g/mol. The first-order chi connectivity index (χ1) is 13.8. The summed E-state index contributed by atoms with van der Waals surface area (Å²) in [6, 6.07) is 14.5. The molecule has 148 valence electrons. The summed E-state index contributed by atoms with van der Waals surface area (Å²) in [7, 11) is 0. The molecule has 0 N–H and O–H groups in total. The van der Waals surface area contributed by atoms with Crippen LogP contribution in [0.1, 0.15) is 76.8 Å². The predicted octanol–water partition coefficient (Wildman–Crippen LogP) is 6.15. The highest BCUT2D eigenvalue weighted by atomic mass is 16.5. The van der Waals surface area contributed by atoms with E-state index in [4.69, 9.17) is 4.74 Å². The van der Waals surface area contributed by atoms with Crippen LogP contribution in [0.2, 0.25) is 0 Å². The Hall–Kier alpha value is -3.03. The summed E-state index contributed by atoms with van der Waals surface area (Å²) in [6.45, 7) is 8.01. The van der Waals surface area contributed by atoms with Crippen LogP contribution in [0.25, 0.3) is 0 Å². The van der Waals surface area contributed by atoms with E-state index in [1.807, 2.05) is 39.8 Å². The summed E-state index contributed by atoms with van der Waals surface area (Å²) >= 11 is 0. The maximum atomic E-state index is 9.86. The average Bonchev–Trinajstić information content (AvgIpc) is 3.03. The van der Waals surface area contributed by atoms with Crippen LogP contribution in [-0.2, 0) is 10.3 Å². The Kier molecular flexibility index (Phi) is 5.55. The molecule has 0 aromatic heterocycles. The lowest BCUT2D eigenvalue weighted by Crippen LogP contribution is -2.31. The molecule has 2 aliphatic rings. The van der Waals surface area contributed by atoms with Crippen molar-refractivity contribution >= 4 is 0 Å². The van der Waals surface area contributed by atoms with Crippen molar-refractivity contribution in [2.45, 2.75) is 71.3 Å². The molecule has 0 radical (unpaired) electrons. The minimum absolute atomic E-state index is 0.0984.